The number of aromatic nitrogens is 1. The number of halogens is 1. The average Bonchev–Trinajstić information content (AvgIpc) is 2.46. The fourth-order valence-corrected chi connectivity index (χ4v) is 2.54. The Kier molecular flexibility index (Phi) is 5.01. The van der Waals surface area contributed by atoms with Crippen LogP contribution in [0.1, 0.15) is 23.6 Å². The van der Waals surface area contributed by atoms with Crippen LogP contribution in [-0.2, 0) is 13.0 Å². The van der Waals surface area contributed by atoms with Crippen molar-refractivity contribution in [3.63, 3.8) is 0 Å². The molecule has 20 heavy (non-hydrogen) atoms. The van der Waals surface area contributed by atoms with Crippen LogP contribution in [0.25, 0.3) is 0 Å². The highest BCUT2D eigenvalue weighted by molar-refractivity contribution is 9.10. The van der Waals surface area contributed by atoms with E-state index < -0.39 is 0 Å². The molecule has 2 rings (SSSR count). The lowest BCUT2D eigenvalue weighted by atomic mass is 10.1. The summed E-state index contributed by atoms with van der Waals surface area (Å²) in [4.78, 5) is 4.39. The number of rotatable bonds is 5. The number of hydrogen-bond acceptors (Lipinski definition) is 3. The van der Waals surface area contributed by atoms with Crippen LogP contribution in [0.3, 0.4) is 0 Å². The Morgan fingerprint density at radius 1 is 1.30 bits per heavy atom. The Hall–Kier alpha value is -1.55. The van der Waals surface area contributed by atoms with Crippen molar-refractivity contribution < 1.29 is 4.74 Å². The van der Waals surface area contributed by atoms with Gasteiger partial charge in [0.1, 0.15) is 11.6 Å². The molecule has 0 saturated carbocycles. The van der Waals surface area contributed by atoms with Crippen molar-refractivity contribution in [1.82, 2.24) is 4.98 Å². The number of methoxy groups -OCH3 is 1. The van der Waals surface area contributed by atoms with Gasteiger partial charge in [-0.15, -0.1) is 0 Å². The topological polar surface area (TPSA) is 34.1 Å². The largest absolute Gasteiger partial charge is 0.496 e. The van der Waals surface area contributed by atoms with Crippen molar-refractivity contribution >= 4 is 21.7 Å². The summed E-state index contributed by atoms with van der Waals surface area (Å²) in [6.07, 6.45) is 2.82. The van der Waals surface area contributed by atoms with Gasteiger partial charge < -0.3 is 10.1 Å². The summed E-state index contributed by atoms with van der Waals surface area (Å²) in [5, 5.41) is 3.37. The molecule has 4 heteroatoms. The molecule has 0 unspecified atom stereocenters. The van der Waals surface area contributed by atoms with Crippen LogP contribution in [-0.4, -0.2) is 12.1 Å². The van der Waals surface area contributed by atoms with Gasteiger partial charge in [-0.2, -0.15) is 0 Å². The third-order valence-corrected chi connectivity index (χ3v) is 3.68. The van der Waals surface area contributed by atoms with Gasteiger partial charge in [0.05, 0.1) is 7.11 Å². The van der Waals surface area contributed by atoms with Crippen LogP contribution in [0.4, 0.5) is 5.82 Å². The highest BCUT2D eigenvalue weighted by Gasteiger charge is 2.06. The minimum Gasteiger partial charge on any atom is -0.496 e. The van der Waals surface area contributed by atoms with E-state index in [4.69, 9.17) is 4.74 Å². The molecule has 106 valence electrons. The van der Waals surface area contributed by atoms with E-state index in [9.17, 15) is 0 Å². The molecule has 0 bridgehead atoms. The number of hydrogen-bond donors (Lipinski definition) is 1. The zero-order valence-electron chi connectivity index (χ0n) is 12.0. The Balaban J connectivity index is 2.17. The molecule has 1 aromatic carbocycles. The Morgan fingerprint density at radius 3 is 2.75 bits per heavy atom. The minimum atomic E-state index is 0.701. The van der Waals surface area contributed by atoms with E-state index in [0.717, 1.165) is 33.6 Å². The van der Waals surface area contributed by atoms with Crippen LogP contribution < -0.4 is 10.1 Å². The van der Waals surface area contributed by atoms with Crippen molar-refractivity contribution in [3.8, 4) is 5.75 Å². The zero-order valence-corrected chi connectivity index (χ0v) is 13.6. The lowest BCUT2D eigenvalue weighted by molar-refractivity contribution is 0.410. The third kappa shape index (κ3) is 3.51. The SMILES string of the molecule is CCc1ccc(OC)c(CNc2ncc(Br)cc2C)c1. The molecule has 0 atom stereocenters. The normalized spacial score (nSPS) is 10.4. The van der Waals surface area contributed by atoms with Gasteiger partial charge in [-0.1, -0.05) is 19.1 Å². The molecule has 0 saturated heterocycles. The maximum atomic E-state index is 5.41. The second-order valence-corrected chi connectivity index (χ2v) is 5.59. The van der Waals surface area contributed by atoms with E-state index in [1.165, 1.54) is 5.56 Å². The van der Waals surface area contributed by atoms with Gasteiger partial charge in [0.25, 0.3) is 0 Å². The summed E-state index contributed by atoms with van der Waals surface area (Å²) < 4.78 is 6.41. The number of nitrogens with one attached hydrogen (secondary N) is 1. The second-order valence-electron chi connectivity index (χ2n) is 4.67. The maximum Gasteiger partial charge on any atom is 0.129 e. The smallest absolute Gasteiger partial charge is 0.129 e. The van der Waals surface area contributed by atoms with Crippen molar-refractivity contribution in [2.45, 2.75) is 26.8 Å². The zero-order chi connectivity index (χ0) is 14.5. The first-order valence-corrected chi connectivity index (χ1v) is 7.45. The predicted octanol–water partition coefficient (Wildman–Crippen LogP) is 4.34. The van der Waals surface area contributed by atoms with E-state index in [0.29, 0.717) is 6.54 Å². The summed E-state index contributed by atoms with van der Waals surface area (Å²) >= 11 is 3.42. The number of pyridine rings is 1. The van der Waals surface area contributed by atoms with Crippen molar-refractivity contribution in [1.29, 1.82) is 0 Å². The second kappa shape index (κ2) is 6.75. The van der Waals surface area contributed by atoms with Gasteiger partial charge in [-0.3, -0.25) is 0 Å². The number of nitrogens with zero attached hydrogens (tertiary/aromatic N) is 1. The molecule has 0 radical (unpaired) electrons. The van der Waals surface area contributed by atoms with Gasteiger partial charge in [0, 0.05) is 22.8 Å². The van der Waals surface area contributed by atoms with Gasteiger partial charge in [-0.25, -0.2) is 4.98 Å². The Labute approximate surface area is 128 Å². The van der Waals surface area contributed by atoms with E-state index in [1.807, 2.05) is 13.0 Å². The van der Waals surface area contributed by atoms with Crippen LogP contribution in [0.5, 0.6) is 5.75 Å². The molecule has 0 spiro atoms. The molecule has 1 N–H and O–H groups in total. The molecule has 1 heterocycles. The van der Waals surface area contributed by atoms with Gasteiger partial charge >= 0.3 is 0 Å². The molecule has 0 aliphatic rings. The van der Waals surface area contributed by atoms with Crippen LogP contribution in [0.15, 0.2) is 34.9 Å². The third-order valence-electron chi connectivity index (χ3n) is 3.24. The van der Waals surface area contributed by atoms with Gasteiger partial charge in [-0.05, 0) is 52.5 Å². The number of aryl methyl sites for hydroxylation is 2. The molecule has 0 amide bonds. The molecule has 2 aromatic rings. The molecule has 1 aromatic heterocycles. The van der Waals surface area contributed by atoms with Crippen molar-refractivity contribution in [2.75, 3.05) is 12.4 Å². The first-order chi connectivity index (χ1) is 9.63. The summed E-state index contributed by atoms with van der Waals surface area (Å²) in [5.74, 6) is 1.81. The molecule has 3 nitrogen and oxygen atoms in total. The fraction of sp³-hybridized carbons (Fsp3) is 0.312. The van der Waals surface area contributed by atoms with Crippen molar-refractivity contribution in [3.05, 3.63) is 51.6 Å². The first kappa shape index (κ1) is 14.9. The monoisotopic (exact) mass is 334 g/mol. The Bertz CT molecular complexity index is 599. The van der Waals surface area contributed by atoms with Crippen LogP contribution in [0, 0.1) is 6.92 Å². The quantitative estimate of drug-likeness (QED) is 0.883. The van der Waals surface area contributed by atoms with Gasteiger partial charge in [0.2, 0.25) is 0 Å². The predicted molar refractivity (Wildman–Crippen MR) is 86.4 cm³/mol. The fourth-order valence-electron chi connectivity index (χ4n) is 2.09. The summed E-state index contributed by atoms with van der Waals surface area (Å²) in [6.45, 7) is 4.89. The van der Waals surface area contributed by atoms with E-state index in [2.05, 4.69) is 51.4 Å². The lowest BCUT2D eigenvalue weighted by Gasteiger charge is -2.13. The summed E-state index contributed by atoms with van der Waals surface area (Å²) in [5.41, 5.74) is 3.57. The van der Waals surface area contributed by atoms with Gasteiger partial charge in [0.15, 0.2) is 0 Å². The highest BCUT2D eigenvalue weighted by Crippen LogP contribution is 2.23. The summed E-state index contributed by atoms with van der Waals surface area (Å²) in [6, 6.07) is 8.36. The standard InChI is InChI=1S/C16H19BrN2O/c1-4-12-5-6-15(20-3)13(8-12)9-18-16-11(2)7-14(17)10-19-16/h5-8,10H,4,9H2,1-3H3,(H,18,19). The van der Waals surface area contributed by atoms with E-state index >= 15 is 0 Å². The van der Waals surface area contributed by atoms with Crippen molar-refractivity contribution in [2.24, 2.45) is 0 Å². The molecule has 0 aliphatic heterocycles. The highest BCUT2D eigenvalue weighted by atomic mass is 79.9. The van der Waals surface area contributed by atoms with E-state index in [1.54, 1.807) is 13.3 Å². The van der Waals surface area contributed by atoms with Crippen LogP contribution >= 0.6 is 15.9 Å². The lowest BCUT2D eigenvalue weighted by Crippen LogP contribution is -2.05. The van der Waals surface area contributed by atoms with Crippen LogP contribution in [0.2, 0.25) is 0 Å². The number of ether oxygens (including phenoxy) is 1. The number of benzene rings is 1. The molecule has 0 fully saturated rings. The molecular formula is C16H19BrN2O. The Morgan fingerprint density at radius 2 is 2.10 bits per heavy atom. The average molecular weight is 335 g/mol. The first-order valence-electron chi connectivity index (χ1n) is 6.65. The maximum absolute atomic E-state index is 5.41. The number of anilines is 1. The minimum absolute atomic E-state index is 0.701. The molecule has 0 aliphatic carbocycles. The van der Waals surface area contributed by atoms with E-state index in [-0.39, 0.29) is 0 Å². The molecular weight excluding hydrogens is 316 g/mol. The summed E-state index contributed by atoms with van der Waals surface area (Å²) in [7, 11) is 1.70.